The van der Waals surface area contributed by atoms with Gasteiger partial charge in [0.2, 0.25) is 0 Å². The smallest absolute Gasteiger partial charge is 0.190 e. The van der Waals surface area contributed by atoms with Gasteiger partial charge in [0.1, 0.15) is 12.2 Å². The van der Waals surface area contributed by atoms with Gasteiger partial charge in [-0.05, 0) is 74.3 Å². The second kappa shape index (κ2) is 7.31. The van der Waals surface area contributed by atoms with Gasteiger partial charge in [0.05, 0.1) is 6.10 Å². The van der Waals surface area contributed by atoms with E-state index in [1.54, 1.807) is 12.2 Å². The monoisotopic (exact) mass is 460 g/mol. The molecule has 5 aliphatic carbocycles. The standard InChI is InChI=1S/C26H37O5P/c1-15-10-20-19-7-6-17-11-18(27)8-9-23(17,2)26(19,32)21(28)12-24(20,3)25(15,30)22(29)14-31-13-16-4-5-16/h8-9,11,15-16,19-21,28,30H,4-7,10,12-14,32H2,1-3H3/t15-,19?,20?,21?,23?,24?,25+,26+/m1/s1. The molecule has 0 amide bonds. The van der Waals surface area contributed by atoms with E-state index in [1.165, 1.54) is 0 Å². The number of hydrogen-bond acceptors (Lipinski definition) is 5. The van der Waals surface area contributed by atoms with Gasteiger partial charge in [0.15, 0.2) is 11.6 Å². The number of Topliss-reactive ketones (excluding diaryl/α,β-unsaturated/α-hetero) is 1. The maximum atomic E-state index is 13.4. The third kappa shape index (κ3) is 2.84. The third-order valence-corrected chi connectivity index (χ3v) is 11.6. The Balaban J connectivity index is 1.48. The van der Waals surface area contributed by atoms with Gasteiger partial charge in [-0.25, -0.2) is 0 Å². The molecule has 0 spiro atoms. The first kappa shape index (κ1) is 22.9. The molecule has 176 valence electrons. The van der Waals surface area contributed by atoms with Gasteiger partial charge in [0, 0.05) is 22.6 Å². The first-order valence-corrected chi connectivity index (χ1v) is 12.8. The van der Waals surface area contributed by atoms with Crippen LogP contribution < -0.4 is 0 Å². The third-order valence-electron chi connectivity index (χ3n) is 10.2. The number of aliphatic hydroxyl groups excluding tert-OH is 1. The molecule has 0 radical (unpaired) electrons. The Labute approximate surface area is 193 Å². The minimum Gasteiger partial charge on any atom is -0.392 e. The zero-order valence-corrected chi connectivity index (χ0v) is 20.6. The van der Waals surface area contributed by atoms with E-state index in [4.69, 9.17) is 4.74 Å². The van der Waals surface area contributed by atoms with Crippen LogP contribution in [0.4, 0.5) is 0 Å². The Morgan fingerprint density at radius 2 is 1.97 bits per heavy atom. The fraction of sp³-hybridized carbons (Fsp3) is 0.769. The van der Waals surface area contributed by atoms with E-state index in [2.05, 4.69) is 16.2 Å². The fourth-order valence-corrected chi connectivity index (χ4v) is 8.79. The molecule has 4 saturated carbocycles. The molecular weight excluding hydrogens is 423 g/mol. The number of fused-ring (bicyclic) bond motifs is 5. The summed E-state index contributed by atoms with van der Waals surface area (Å²) in [5, 5.41) is 23.1. The van der Waals surface area contributed by atoms with Crippen LogP contribution in [0.15, 0.2) is 23.8 Å². The van der Waals surface area contributed by atoms with Crippen LogP contribution in [0.3, 0.4) is 0 Å². The number of aliphatic hydroxyl groups is 2. The maximum Gasteiger partial charge on any atom is 0.190 e. The number of rotatable bonds is 5. The lowest BCUT2D eigenvalue weighted by molar-refractivity contribution is -0.180. The van der Waals surface area contributed by atoms with Crippen LogP contribution in [-0.2, 0) is 14.3 Å². The molecule has 0 saturated heterocycles. The van der Waals surface area contributed by atoms with Gasteiger partial charge in [-0.3, -0.25) is 9.59 Å². The molecule has 0 aromatic carbocycles. The Morgan fingerprint density at radius 1 is 1.25 bits per heavy atom. The molecule has 2 N–H and O–H groups in total. The molecule has 0 aromatic heterocycles. The number of allylic oxidation sites excluding steroid dienone is 4. The van der Waals surface area contributed by atoms with Crippen molar-refractivity contribution in [3.8, 4) is 0 Å². The Kier molecular flexibility index (Phi) is 5.23. The molecule has 0 bridgehead atoms. The van der Waals surface area contributed by atoms with Crippen molar-refractivity contribution in [3.05, 3.63) is 23.8 Å². The first-order chi connectivity index (χ1) is 15.0. The molecular formula is C26H37O5P. The van der Waals surface area contributed by atoms with Gasteiger partial charge in [-0.1, -0.05) is 32.4 Å². The van der Waals surface area contributed by atoms with Crippen molar-refractivity contribution < 1.29 is 24.5 Å². The quantitative estimate of drug-likeness (QED) is 0.616. The predicted molar refractivity (Wildman–Crippen MR) is 125 cm³/mol. The highest BCUT2D eigenvalue weighted by molar-refractivity contribution is 7.19. The van der Waals surface area contributed by atoms with E-state index in [-0.39, 0.29) is 35.9 Å². The summed E-state index contributed by atoms with van der Waals surface area (Å²) in [5.41, 5.74) is -1.55. The highest BCUT2D eigenvalue weighted by atomic mass is 31.0. The lowest BCUT2D eigenvalue weighted by atomic mass is 9.45. The van der Waals surface area contributed by atoms with Gasteiger partial charge in [-0.2, -0.15) is 0 Å². The molecule has 0 heterocycles. The summed E-state index contributed by atoms with van der Waals surface area (Å²) in [6.45, 7) is 6.67. The van der Waals surface area contributed by atoms with E-state index in [0.29, 0.717) is 18.9 Å². The molecule has 6 heteroatoms. The van der Waals surface area contributed by atoms with Crippen LogP contribution in [0.2, 0.25) is 0 Å². The second-order valence-electron chi connectivity index (χ2n) is 11.7. The summed E-state index contributed by atoms with van der Waals surface area (Å²) >= 11 is 0. The van der Waals surface area contributed by atoms with E-state index in [9.17, 15) is 19.8 Å². The molecule has 4 fully saturated rings. The topological polar surface area (TPSA) is 83.8 Å². The van der Waals surface area contributed by atoms with Crippen LogP contribution in [0.25, 0.3) is 0 Å². The zero-order valence-electron chi connectivity index (χ0n) is 19.5. The number of ketones is 2. The highest BCUT2D eigenvalue weighted by Crippen LogP contribution is 2.71. The largest absolute Gasteiger partial charge is 0.392 e. The SMILES string of the molecule is C[C@@H]1CC2C3CCC4=CC(=O)C=CC4(C)[C@@]3(P)C(O)CC2(C)[C@@]1(O)C(=O)COCC1CC1. The van der Waals surface area contributed by atoms with E-state index in [1.807, 2.05) is 19.9 Å². The van der Waals surface area contributed by atoms with Crippen molar-refractivity contribution in [1.82, 2.24) is 0 Å². The van der Waals surface area contributed by atoms with Gasteiger partial charge >= 0.3 is 0 Å². The summed E-state index contributed by atoms with van der Waals surface area (Å²) in [4.78, 5) is 25.5. The molecule has 0 aliphatic heterocycles. The van der Waals surface area contributed by atoms with Crippen molar-refractivity contribution in [2.24, 2.45) is 34.5 Å². The summed E-state index contributed by atoms with van der Waals surface area (Å²) < 4.78 is 5.70. The Morgan fingerprint density at radius 3 is 2.66 bits per heavy atom. The maximum absolute atomic E-state index is 13.4. The van der Waals surface area contributed by atoms with Gasteiger partial charge in [-0.15, -0.1) is 9.24 Å². The number of carbonyl (C=O) groups excluding carboxylic acids is 2. The molecule has 32 heavy (non-hydrogen) atoms. The summed E-state index contributed by atoms with van der Waals surface area (Å²) in [6.07, 6.45) is 9.73. The average Bonchev–Trinajstić information content (AvgIpc) is 3.53. The lowest BCUT2D eigenvalue weighted by Gasteiger charge is -2.65. The lowest BCUT2D eigenvalue weighted by Crippen LogP contribution is -2.68. The van der Waals surface area contributed by atoms with E-state index < -0.39 is 27.7 Å². The number of hydrogen-bond donors (Lipinski definition) is 2. The zero-order chi connectivity index (χ0) is 23.1. The minimum atomic E-state index is -1.50. The minimum absolute atomic E-state index is 0.0142. The molecule has 5 nitrogen and oxygen atoms in total. The summed E-state index contributed by atoms with van der Waals surface area (Å²) in [7, 11) is 2.99. The van der Waals surface area contributed by atoms with Gasteiger partial charge < -0.3 is 14.9 Å². The number of carbonyl (C=O) groups is 2. The molecule has 5 rings (SSSR count). The van der Waals surface area contributed by atoms with Crippen LogP contribution in [0.1, 0.15) is 59.3 Å². The van der Waals surface area contributed by atoms with Crippen LogP contribution in [-0.4, -0.2) is 51.9 Å². The average molecular weight is 461 g/mol. The molecule has 9 atom stereocenters. The summed E-state index contributed by atoms with van der Waals surface area (Å²) in [6, 6.07) is 0. The molecule has 0 aromatic rings. The molecule has 5 aliphatic rings. The van der Waals surface area contributed by atoms with Crippen molar-refractivity contribution in [2.75, 3.05) is 13.2 Å². The number of ether oxygens (including phenoxy) is 1. The Hall–Kier alpha value is -0.870. The predicted octanol–water partition coefficient (Wildman–Crippen LogP) is 3.24. The van der Waals surface area contributed by atoms with E-state index in [0.717, 1.165) is 37.7 Å². The second-order valence-corrected chi connectivity index (χ2v) is 12.7. The van der Waals surface area contributed by atoms with Crippen molar-refractivity contribution in [1.29, 1.82) is 0 Å². The van der Waals surface area contributed by atoms with Crippen LogP contribution in [0.5, 0.6) is 0 Å². The summed E-state index contributed by atoms with van der Waals surface area (Å²) in [5.74, 6) is 0.391. The van der Waals surface area contributed by atoms with E-state index >= 15 is 0 Å². The van der Waals surface area contributed by atoms with Crippen molar-refractivity contribution in [2.45, 2.75) is 76.2 Å². The highest BCUT2D eigenvalue weighted by Gasteiger charge is 2.73. The van der Waals surface area contributed by atoms with Crippen LogP contribution >= 0.6 is 9.24 Å². The van der Waals surface area contributed by atoms with Crippen LogP contribution in [0, 0.1) is 34.5 Å². The Bertz CT molecular complexity index is 908. The first-order valence-electron chi connectivity index (χ1n) is 12.2. The fourth-order valence-electron chi connectivity index (χ4n) is 7.99. The van der Waals surface area contributed by atoms with Crippen molar-refractivity contribution in [3.63, 3.8) is 0 Å². The normalized spacial score (nSPS) is 49.8. The molecule has 6 unspecified atom stereocenters. The van der Waals surface area contributed by atoms with Crippen molar-refractivity contribution >= 4 is 20.8 Å². The van der Waals surface area contributed by atoms with Gasteiger partial charge in [0.25, 0.3) is 0 Å².